The zero-order chi connectivity index (χ0) is 15.3. The monoisotopic (exact) mass is 293 g/mol. The zero-order valence-corrected chi connectivity index (χ0v) is 10.7. The number of hydrogen-bond acceptors (Lipinski definition) is 4. The number of nitriles is 1. The molecule has 108 valence electrons. The van der Waals surface area contributed by atoms with Gasteiger partial charge in [0.05, 0.1) is 0 Å². The van der Waals surface area contributed by atoms with Gasteiger partial charge in [0.1, 0.15) is 17.5 Å². The van der Waals surface area contributed by atoms with Crippen LogP contribution in [0.15, 0.2) is 42.6 Å². The van der Waals surface area contributed by atoms with Crippen LogP contribution in [-0.4, -0.2) is 11.3 Å². The highest BCUT2D eigenvalue weighted by molar-refractivity contribution is 5.47. The number of alkyl halides is 3. The lowest BCUT2D eigenvalue weighted by atomic mass is 10.2. The van der Waals surface area contributed by atoms with E-state index in [4.69, 9.17) is 5.26 Å². The van der Waals surface area contributed by atoms with Gasteiger partial charge >= 0.3 is 6.36 Å². The molecule has 21 heavy (non-hydrogen) atoms. The number of rotatable bonds is 4. The summed E-state index contributed by atoms with van der Waals surface area (Å²) in [5.74, 6) is -0.274. The Labute approximate surface area is 118 Å². The first-order valence-electron chi connectivity index (χ1n) is 5.91. The van der Waals surface area contributed by atoms with Gasteiger partial charge in [0.25, 0.3) is 0 Å². The van der Waals surface area contributed by atoms with Crippen molar-refractivity contribution in [2.45, 2.75) is 12.9 Å². The van der Waals surface area contributed by atoms with Gasteiger partial charge in [-0.1, -0.05) is 0 Å². The molecule has 7 heteroatoms. The van der Waals surface area contributed by atoms with Crippen LogP contribution < -0.4 is 10.1 Å². The molecule has 1 N–H and O–H groups in total. The predicted molar refractivity (Wildman–Crippen MR) is 69.4 cm³/mol. The molecule has 0 radical (unpaired) electrons. The molecular formula is C14H10F3N3O. The van der Waals surface area contributed by atoms with E-state index in [-0.39, 0.29) is 5.75 Å². The third kappa shape index (κ3) is 4.69. The number of benzene rings is 1. The molecule has 0 bridgehead atoms. The molecule has 0 fully saturated rings. The number of anilines is 1. The van der Waals surface area contributed by atoms with Crippen LogP contribution in [0.4, 0.5) is 18.9 Å². The highest BCUT2D eigenvalue weighted by atomic mass is 19.4. The molecule has 0 spiro atoms. The molecule has 1 aromatic heterocycles. The first-order chi connectivity index (χ1) is 9.96. The average Bonchev–Trinajstić information content (AvgIpc) is 2.45. The van der Waals surface area contributed by atoms with E-state index in [9.17, 15) is 13.2 Å². The van der Waals surface area contributed by atoms with Crippen molar-refractivity contribution in [1.82, 2.24) is 4.98 Å². The lowest BCUT2D eigenvalue weighted by Crippen LogP contribution is -2.17. The van der Waals surface area contributed by atoms with Gasteiger partial charge in [-0.15, -0.1) is 13.2 Å². The van der Waals surface area contributed by atoms with Crippen molar-refractivity contribution < 1.29 is 17.9 Å². The fourth-order valence-electron chi connectivity index (χ4n) is 1.62. The molecule has 0 aliphatic rings. The fraction of sp³-hybridized carbons (Fsp3) is 0.143. The Bertz CT molecular complexity index is 648. The summed E-state index contributed by atoms with van der Waals surface area (Å²) in [6.45, 7) is 0.427. The number of aromatic nitrogens is 1. The van der Waals surface area contributed by atoms with Gasteiger partial charge in [0, 0.05) is 18.4 Å². The summed E-state index contributed by atoms with van der Waals surface area (Å²) >= 11 is 0. The second-order valence-electron chi connectivity index (χ2n) is 4.09. The van der Waals surface area contributed by atoms with Gasteiger partial charge in [-0.25, -0.2) is 4.98 Å². The van der Waals surface area contributed by atoms with E-state index in [1.54, 1.807) is 12.1 Å². The number of hydrogen-bond donors (Lipinski definition) is 1. The SMILES string of the molecule is N#Cc1cc(CNc2ccc(OC(F)(F)F)cc2)ccn1. The number of nitrogens with one attached hydrogen (secondary N) is 1. The minimum atomic E-state index is -4.69. The quantitative estimate of drug-likeness (QED) is 0.937. The van der Waals surface area contributed by atoms with Gasteiger partial charge in [0.15, 0.2) is 0 Å². The van der Waals surface area contributed by atoms with Crippen molar-refractivity contribution in [2.24, 2.45) is 0 Å². The second kappa shape index (κ2) is 6.13. The topological polar surface area (TPSA) is 57.9 Å². The van der Waals surface area contributed by atoms with Gasteiger partial charge < -0.3 is 10.1 Å². The molecule has 0 aliphatic heterocycles. The normalized spacial score (nSPS) is 10.8. The summed E-state index contributed by atoms with van der Waals surface area (Å²) in [6.07, 6.45) is -3.17. The van der Waals surface area contributed by atoms with Crippen LogP contribution in [0.25, 0.3) is 0 Å². The molecule has 2 aromatic rings. The lowest BCUT2D eigenvalue weighted by Gasteiger charge is -2.10. The van der Waals surface area contributed by atoms with Crippen molar-refractivity contribution in [3.8, 4) is 11.8 Å². The molecule has 4 nitrogen and oxygen atoms in total. The fourth-order valence-corrected chi connectivity index (χ4v) is 1.62. The molecule has 0 amide bonds. The highest BCUT2D eigenvalue weighted by Gasteiger charge is 2.30. The van der Waals surface area contributed by atoms with Crippen LogP contribution >= 0.6 is 0 Å². The van der Waals surface area contributed by atoms with Crippen LogP contribution in [0.1, 0.15) is 11.3 Å². The van der Waals surface area contributed by atoms with E-state index in [1.807, 2.05) is 6.07 Å². The molecule has 0 atom stereocenters. The van der Waals surface area contributed by atoms with E-state index in [1.165, 1.54) is 30.5 Å². The average molecular weight is 293 g/mol. The van der Waals surface area contributed by atoms with Crippen LogP contribution in [0.2, 0.25) is 0 Å². The second-order valence-corrected chi connectivity index (χ2v) is 4.09. The maximum atomic E-state index is 12.0. The van der Waals surface area contributed by atoms with Crippen LogP contribution in [-0.2, 0) is 6.54 Å². The maximum absolute atomic E-state index is 12.0. The third-order valence-corrected chi connectivity index (χ3v) is 2.52. The van der Waals surface area contributed by atoms with Crippen molar-refractivity contribution in [2.75, 3.05) is 5.32 Å². The summed E-state index contributed by atoms with van der Waals surface area (Å²) in [6, 6.07) is 10.7. The summed E-state index contributed by atoms with van der Waals surface area (Å²) in [5.41, 5.74) is 1.79. The van der Waals surface area contributed by atoms with E-state index in [0.717, 1.165) is 5.56 Å². The van der Waals surface area contributed by atoms with Crippen molar-refractivity contribution in [3.63, 3.8) is 0 Å². The molecule has 0 aliphatic carbocycles. The summed E-state index contributed by atoms with van der Waals surface area (Å²) < 4.78 is 39.8. The predicted octanol–water partition coefficient (Wildman–Crippen LogP) is 3.46. The lowest BCUT2D eigenvalue weighted by molar-refractivity contribution is -0.274. The standard InChI is InChI=1S/C14H10F3N3O/c15-14(16,17)21-13-3-1-11(2-4-13)20-9-10-5-6-19-12(7-10)8-18/h1-7,20H,9H2. The molecule has 1 heterocycles. The van der Waals surface area contributed by atoms with E-state index >= 15 is 0 Å². The van der Waals surface area contributed by atoms with Gasteiger partial charge in [-0.2, -0.15) is 5.26 Å². The van der Waals surface area contributed by atoms with Crippen molar-refractivity contribution in [1.29, 1.82) is 5.26 Å². The Morgan fingerprint density at radius 2 is 1.90 bits per heavy atom. The first kappa shape index (κ1) is 14.7. The largest absolute Gasteiger partial charge is 0.573 e. The summed E-state index contributed by atoms with van der Waals surface area (Å²) in [4.78, 5) is 3.85. The van der Waals surface area contributed by atoms with Crippen LogP contribution in [0.3, 0.4) is 0 Å². The third-order valence-electron chi connectivity index (χ3n) is 2.52. The van der Waals surface area contributed by atoms with Crippen molar-refractivity contribution >= 4 is 5.69 Å². The Balaban J connectivity index is 1.96. The minimum absolute atomic E-state index is 0.274. The van der Waals surface area contributed by atoms with Gasteiger partial charge in [-0.3, -0.25) is 0 Å². The first-order valence-corrected chi connectivity index (χ1v) is 5.91. The molecular weight excluding hydrogens is 283 g/mol. The summed E-state index contributed by atoms with van der Waals surface area (Å²) in [5, 5.41) is 11.8. The number of pyridine rings is 1. The van der Waals surface area contributed by atoms with Crippen LogP contribution in [0.5, 0.6) is 5.75 Å². The van der Waals surface area contributed by atoms with Gasteiger partial charge in [0.2, 0.25) is 0 Å². The summed E-state index contributed by atoms with van der Waals surface area (Å²) in [7, 11) is 0. The molecule has 1 aromatic carbocycles. The van der Waals surface area contributed by atoms with E-state index < -0.39 is 6.36 Å². The highest BCUT2D eigenvalue weighted by Crippen LogP contribution is 2.24. The molecule has 0 saturated heterocycles. The number of halogens is 3. The Hall–Kier alpha value is -2.75. The number of ether oxygens (including phenoxy) is 1. The zero-order valence-electron chi connectivity index (χ0n) is 10.7. The Kier molecular flexibility index (Phi) is 4.28. The van der Waals surface area contributed by atoms with Gasteiger partial charge in [-0.05, 0) is 42.0 Å². The molecule has 0 saturated carbocycles. The van der Waals surface area contributed by atoms with E-state index in [0.29, 0.717) is 17.9 Å². The van der Waals surface area contributed by atoms with E-state index in [2.05, 4.69) is 15.0 Å². The smallest absolute Gasteiger partial charge is 0.406 e. The number of nitrogens with zero attached hydrogens (tertiary/aromatic N) is 2. The maximum Gasteiger partial charge on any atom is 0.573 e. The molecule has 0 unspecified atom stereocenters. The Morgan fingerprint density at radius 1 is 1.19 bits per heavy atom. The molecule has 2 rings (SSSR count). The minimum Gasteiger partial charge on any atom is -0.406 e. The van der Waals surface area contributed by atoms with Crippen LogP contribution in [0, 0.1) is 11.3 Å². The van der Waals surface area contributed by atoms with Crippen molar-refractivity contribution in [3.05, 3.63) is 53.9 Å². The Morgan fingerprint density at radius 3 is 2.52 bits per heavy atom.